The molecule has 2 rings (SSSR count). The molecule has 106 valence electrons. The fourth-order valence-corrected chi connectivity index (χ4v) is 2.27. The summed E-state index contributed by atoms with van der Waals surface area (Å²) in [4.78, 5) is 16.8. The quantitative estimate of drug-likeness (QED) is 0.803. The van der Waals surface area contributed by atoms with Crippen LogP contribution in [0, 0.1) is 6.92 Å². The zero-order valence-corrected chi connectivity index (χ0v) is 11.9. The Morgan fingerprint density at radius 3 is 3.05 bits per heavy atom. The van der Waals surface area contributed by atoms with Crippen molar-refractivity contribution in [3.05, 3.63) is 35.3 Å². The van der Waals surface area contributed by atoms with Gasteiger partial charge in [-0.25, -0.2) is 4.98 Å². The van der Waals surface area contributed by atoms with Crippen molar-refractivity contribution in [3.63, 3.8) is 0 Å². The summed E-state index contributed by atoms with van der Waals surface area (Å²) >= 11 is 1.45. The van der Waals surface area contributed by atoms with E-state index in [2.05, 4.69) is 10.3 Å². The summed E-state index contributed by atoms with van der Waals surface area (Å²) in [6, 6.07) is 6.59. The molecule has 0 saturated carbocycles. The van der Waals surface area contributed by atoms with Gasteiger partial charge in [-0.3, -0.25) is 4.79 Å². The fraction of sp³-hybridized carbons (Fsp3) is 0.286. The highest BCUT2D eigenvalue weighted by atomic mass is 32.1. The molecule has 0 aliphatic heterocycles. The Hall–Kier alpha value is -2.08. The Bertz CT molecular complexity index is 583. The summed E-state index contributed by atoms with van der Waals surface area (Å²) in [5, 5.41) is 12.6. The normalized spacial score (nSPS) is 10.2. The maximum atomic E-state index is 11.6. The Morgan fingerprint density at radius 1 is 1.50 bits per heavy atom. The second-order valence-electron chi connectivity index (χ2n) is 4.27. The molecule has 20 heavy (non-hydrogen) atoms. The van der Waals surface area contributed by atoms with Crippen molar-refractivity contribution < 1.29 is 14.6 Å². The van der Waals surface area contributed by atoms with Gasteiger partial charge in [0.15, 0.2) is 5.13 Å². The van der Waals surface area contributed by atoms with Crippen molar-refractivity contribution in [2.45, 2.75) is 19.8 Å². The number of anilines is 1. The van der Waals surface area contributed by atoms with Crippen molar-refractivity contribution in [1.82, 2.24) is 4.98 Å². The zero-order valence-electron chi connectivity index (χ0n) is 11.1. The first-order valence-corrected chi connectivity index (χ1v) is 7.09. The van der Waals surface area contributed by atoms with Crippen LogP contribution in [0.4, 0.5) is 5.13 Å². The van der Waals surface area contributed by atoms with Crippen molar-refractivity contribution in [2.75, 3.05) is 11.9 Å². The van der Waals surface area contributed by atoms with E-state index >= 15 is 0 Å². The van der Waals surface area contributed by atoms with Gasteiger partial charge in [0.25, 0.3) is 0 Å². The lowest BCUT2D eigenvalue weighted by Crippen LogP contribution is -2.12. The highest BCUT2D eigenvalue weighted by Crippen LogP contribution is 2.18. The minimum atomic E-state index is -0.0705. The predicted octanol–water partition coefficient (Wildman–Crippen LogP) is 2.95. The molecule has 1 aromatic heterocycles. The van der Waals surface area contributed by atoms with E-state index in [0.717, 1.165) is 4.88 Å². The molecule has 0 fully saturated rings. The van der Waals surface area contributed by atoms with Gasteiger partial charge >= 0.3 is 0 Å². The highest BCUT2D eigenvalue weighted by molar-refractivity contribution is 7.15. The van der Waals surface area contributed by atoms with E-state index in [4.69, 9.17) is 4.74 Å². The molecule has 2 aromatic rings. The lowest BCUT2D eigenvalue weighted by Gasteiger charge is -2.06. The van der Waals surface area contributed by atoms with E-state index in [9.17, 15) is 9.90 Å². The van der Waals surface area contributed by atoms with Crippen LogP contribution in [0.15, 0.2) is 30.5 Å². The number of carbonyl (C=O) groups is 1. The minimum Gasteiger partial charge on any atom is -0.508 e. The number of carbonyl (C=O) groups excluding carboxylic acids is 1. The number of aromatic nitrogens is 1. The standard InChI is InChI=1S/C14H16N2O3S/c1-10-9-15-14(20-10)16-13(18)6-3-7-19-12-5-2-4-11(17)8-12/h2,4-5,8-9,17H,3,6-7H2,1H3,(H,15,16,18). The van der Waals surface area contributed by atoms with Crippen LogP contribution in [0.1, 0.15) is 17.7 Å². The maximum Gasteiger partial charge on any atom is 0.226 e. The molecule has 2 N–H and O–H groups in total. The molecule has 6 heteroatoms. The molecule has 0 radical (unpaired) electrons. The van der Waals surface area contributed by atoms with Gasteiger partial charge in [-0.2, -0.15) is 0 Å². The molecule has 0 aliphatic rings. The first kappa shape index (κ1) is 14.3. The first-order chi connectivity index (χ1) is 9.63. The fourth-order valence-electron chi connectivity index (χ4n) is 1.59. The SMILES string of the molecule is Cc1cnc(NC(=O)CCCOc2cccc(O)c2)s1. The number of hydrogen-bond acceptors (Lipinski definition) is 5. The Balaban J connectivity index is 1.67. The molecule has 5 nitrogen and oxygen atoms in total. The molecule has 0 aliphatic carbocycles. The van der Waals surface area contributed by atoms with E-state index in [0.29, 0.717) is 30.3 Å². The largest absolute Gasteiger partial charge is 0.508 e. The summed E-state index contributed by atoms with van der Waals surface area (Å²) in [5.74, 6) is 0.694. The van der Waals surface area contributed by atoms with Gasteiger partial charge in [-0.15, -0.1) is 11.3 Å². The number of aromatic hydroxyl groups is 1. The second-order valence-corrected chi connectivity index (χ2v) is 5.51. The maximum absolute atomic E-state index is 11.6. The van der Waals surface area contributed by atoms with Gasteiger partial charge in [-0.05, 0) is 25.5 Å². The van der Waals surface area contributed by atoms with E-state index in [1.807, 2.05) is 6.92 Å². The van der Waals surface area contributed by atoms with Crippen molar-refractivity contribution in [2.24, 2.45) is 0 Å². The van der Waals surface area contributed by atoms with Crippen LogP contribution in [0.2, 0.25) is 0 Å². The number of phenols is 1. The third-order valence-electron chi connectivity index (χ3n) is 2.50. The number of thiazole rings is 1. The molecule has 0 saturated heterocycles. The molecular formula is C14H16N2O3S. The molecule has 1 heterocycles. The van der Waals surface area contributed by atoms with Crippen LogP contribution >= 0.6 is 11.3 Å². The highest BCUT2D eigenvalue weighted by Gasteiger charge is 2.05. The molecule has 0 atom stereocenters. The van der Waals surface area contributed by atoms with Crippen molar-refractivity contribution in [3.8, 4) is 11.5 Å². The molecule has 1 amide bonds. The van der Waals surface area contributed by atoms with Crippen LogP contribution in [0.25, 0.3) is 0 Å². The van der Waals surface area contributed by atoms with Gasteiger partial charge < -0.3 is 15.2 Å². The Kier molecular flexibility index (Phi) is 4.95. The number of hydrogen-bond donors (Lipinski definition) is 2. The van der Waals surface area contributed by atoms with E-state index < -0.39 is 0 Å². The summed E-state index contributed by atoms with van der Waals surface area (Å²) in [6.45, 7) is 2.37. The van der Waals surface area contributed by atoms with Gasteiger partial charge in [0.1, 0.15) is 11.5 Å². The van der Waals surface area contributed by atoms with E-state index in [-0.39, 0.29) is 11.7 Å². The average molecular weight is 292 g/mol. The third-order valence-corrected chi connectivity index (χ3v) is 3.33. The minimum absolute atomic E-state index is 0.0705. The number of phenolic OH excluding ortho intramolecular Hbond substituents is 1. The number of rotatable bonds is 6. The van der Waals surface area contributed by atoms with E-state index in [1.54, 1.807) is 30.5 Å². The van der Waals surface area contributed by atoms with Crippen LogP contribution in [0.3, 0.4) is 0 Å². The zero-order chi connectivity index (χ0) is 14.4. The van der Waals surface area contributed by atoms with Crippen LogP contribution < -0.4 is 10.1 Å². The molecular weight excluding hydrogens is 276 g/mol. The smallest absolute Gasteiger partial charge is 0.226 e. The Labute approximate surface area is 121 Å². The van der Waals surface area contributed by atoms with Crippen molar-refractivity contribution >= 4 is 22.4 Å². The van der Waals surface area contributed by atoms with Gasteiger partial charge in [0.05, 0.1) is 6.61 Å². The van der Waals surface area contributed by atoms with Gasteiger partial charge in [0, 0.05) is 23.6 Å². The second kappa shape index (κ2) is 6.91. The van der Waals surface area contributed by atoms with E-state index in [1.165, 1.54) is 11.3 Å². The van der Waals surface area contributed by atoms with Gasteiger partial charge in [0.2, 0.25) is 5.91 Å². The molecule has 0 spiro atoms. The Morgan fingerprint density at radius 2 is 2.35 bits per heavy atom. The lowest BCUT2D eigenvalue weighted by molar-refractivity contribution is -0.116. The third kappa shape index (κ3) is 4.55. The monoisotopic (exact) mass is 292 g/mol. The summed E-state index contributed by atoms with van der Waals surface area (Å²) in [6.07, 6.45) is 2.70. The lowest BCUT2D eigenvalue weighted by atomic mass is 10.3. The number of nitrogens with zero attached hydrogens (tertiary/aromatic N) is 1. The van der Waals surface area contributed by atoms with Gasteiger partial charge in [-0.1, -0.05) is 6.07 Å². The molecule has 0 bridgehead atoms. The predicted molar refractivity (Wildman–Crippen MR) is 78.3 cm³/mol. The van der Waals surface area contributed by atoms with Crippen LogP contribution in [-0.2, 0) is 4.79 Å². The number of aryl methyl sites for hydroxylation is 1. The average Bonchev–Trinajstić information content (AvgIpc) is 2.80. The number of nitrogens with one attached hydrogen (secondary N) is 1. The number of benzene rings is 1. The summed E-state index contributed by atoms with van der Waals surface area (Å²) in [7, 11) is 0. The van der Waals surface area contributed by atoms with Crippen LogP contribution in [-0.4, -0.2) is 22.6 Å². The number of amides is 1. The van der Waals surface area contributed by atoms with Crippen molar-refractivity contribution in [1.29, 1.82) is 0 Å². The molecule has 0 unspecified atom stereocenters. The topological polar surface area (TPSA) is 71.5 Å². The first-order valence-electron chi connectivity index (χ1n) is 6.27. The number of ether oxygens (including phenoxy) is 1. The van der Waals surface area contributed by atoms with Crippen LogP contribution in [0.5, 0.6) is 11.5 Å². The summed E-state index contributed by atoms with van der Waals surface area (Å²) in [5.41, 5.74) is 0. The summed E-state index contributed by atoms with van der Waals surface area (Å²) < 4.78 is 5.44. The molecule has 1 aromatic carbocycles.